The highest BCUT2D eigenvalue weighted by molar-refractivity contribution is 5.79. The van der Waals surface area contributed by atoms with Gasteiger partial charge in [0.2, 0.25) is 0 Å². The molecule has 0 aliphatic rings. The molecule has 0 amide bonds. The average Bonchev–Trinajstić information content (AvgIpc) is 2.28. The number of benzene rings is 1. The Labute approximate surface area is 92.9 Å². The summed E-state index contributed by atoms with van der Waals surface area (Å²) in [6.07, 6.45) is 0.477. The van der Waals surface area contributed by atoms with Gasteiger partial charge in [0.15, 0.2) is 6.29 Å². The van der Waals surface area contributed by atoms with Crippen LogP contribution in [0.3, 0.4) is 0 Å². The van der Waals surface area contributed by atoms with Gasteiger partial charge in [0, 0.05) is 5.56 Å². The van der Waals surface area contributed by atoms with Crippen molar-refractivity contribution in [3.63, 3.8) is 0 Å². The highest BCUT2D eigenvalue weighted by atomic mass is 16.5. The molecule has 1 aromatic rings. The first-order valence-electron chi connectivity index (χ1n) is 4.51. The van der Waals surface area contributed by atoms with Crippen LogP contribution in [0, 0.1) is 11.8 Å². The number of aldehydes is 1. The van der Waals surface area contributed by atoms with Crippen LogP contribution in [-0.4, -0.2) is 24.5 Å². The van der Waals surface area contributed by atoms with Gasteiger partial charge in [-0.2, -0.15) is 0 Å². The van der Waals surface area contributed by atoms with Crippen molar-refractivity contribution in [2.45, 2.75) is 6.42 Å². The van der Waals surface area contributed by atoms with E-state index >= 15 is 0 Å². The van der Waals surface area contributed by atoms with Crippen LogP contribution in [-0.2, 0) is 4.79 Å². The van der Waals surface area contributed by atoms with E-state index in [1.54, 1.807) is 18.2 Å². The third-order valence-corrected chi connectivity index (χ3v) is 1.83. The van der Waals surface area contributed by atoms with Gasteiger partial charge in [0.05, 0.1) is 12.7 Å². The molecular formula is C12H10O4. The summed E-state index contributed by atoms with van der Waals surface area (Å²) in [6, 6.07) is 4.82. The van der Waals surface area contributed by atoms with Gasteiger partial charge in [-0.05, 0) is 18.2 Å². The van der Waals surface area contributed by atoms with Crippen molar-refractivity contribution in [1.29, 1.82) is 0 Å². The largest absolute Gasteiger partial charge is 0.496 e. The van der Waals surface area contributed by atoms with Gasteiger partial charge in [-0.15, -0.1) is 0 Å². The molecule has 0 unspecified atom stereocenters. The molecule has 4 nitrogen and oxygen atoms in total. The molecule has 0 atom stereocenters. The standard InChI is InChI=1S/C12H10O4/c1-16-11-7-9(3-2-4-12(14)15)5-6-10(11)8-13/h5-8H,4H2,1H3,(H,14,15). The fraction of sp³-hybridized carbons (Fsp3) is 0.167. The lowest BCUT2D eigenvalue weighted by molar-refractivity contribution is -0.135. The zero-order chi connectivity index (χ0) is 12.0. The second-order valence-electron chi connectivity index (χ2n) is 2.95. The van der Waals surface area contributed by atoms with Crippen molar-refractivity contribution in [3.05, 3.63) is 29.3 Å². The Bertz CT molecular complexity index is 466. The van der Waals surface area contributed by atoms with E-state index in [-0.39, 0.29) is 6.42 Å². The second kappa shape index (κ2) is 5.56. The molecule has 0 heterocycles. The molecule has 82 valence electrons. The van der Waals surface area contributed by atoms with Gasteiger partial charge in [0.25, 0.3) is 0 Å². The Hall–Kier alpha value is -2.28. The molecule has 1 rings (SSSR count). The molecule has 16 heavy (non-hydrogen) atoms. The lowest BCUT2D eigenvalue weighted by Gasteiger charge is -2.02. The number of aliphatic carboxylic acids is 1. The Morgan fingerprint density at radius 1 is 1.56 bits per heavy atom. The molecule has 0 aliphatic heterocycles. The SMILES string of the molecule is COc1cc(C#CCC(=O)O)ccc1C=O. The molecule has 4 heteroatoms. The third kappa shape index (κ3) is 3.14. The minimum atomic E-state index is -0.969. The first kappa shape index (κ1) is 11.8. The molecule has 0 saturated heterocycles. The normalized spacial score (nSPS) is 8.81. The van der Waals surface area contributed by atoms with Crippen LogP contribution in [0.25, 0.3) is 0 Å². The minimum Gasteiger partial charge on any atom is -0.496 e. The minimum absolute atomic E-state index is 0.211. The zero-order valence-electron chi connectivity index (χ0n) is 8.69. The molecule has 0 bridgehead atoms. The smallest absolute Gasteiger partial charge is 0.315 e. The van der Waals surface area contributed by atoms with Crippen LogP contribution in [0.1, 0.15) is 22.3 Å². The predicted molar refractivity (Wildman–Crippen MR) is 57.5 cm³/mol. The molecule has 0 radical (unpaired) electrons. The number of carbonyl (C=O) groups is 2. The monoisotopic (exact) mass is 218 g/mol. The van der Waals surface area contributed by atoms with E-state index in [0.717, 1.165) is 0 Å². The Balaban J connectivity index is 2.93. The lowest BCUT2D eigenvalue weighted by Crippen LogP contribution is -1.92. The van der Waals surface area contributed by atoms with Crippen LogP contribution < -0.4 is 4.74 Å². The van der Waals surface area contributed by atoms with E-state index in [1.807, 2.05) is 0 Å². The number of ether oxygens (including phenoxy) is 1. The van der Waals surface area contributed by atoms with Crippen molar-refractivity contribution in [3.8, 4) is 17.6 Å². The highest BCUT2D eigenvalue weighted by Gasteiger charge is 2.01. The maximum absolute atomic E-state index is 10.6. The number of hydrogen-bond donors (Lipinski definition) is 1. The van der Waals surface area contributed by atoms with Crippen LogP contribution in [0.4, 0.5) is 0 Å². The highest BCUT2D eigenvalue weighted by Crippen LogP contribution is 2.17. The van der Waals surface area contributed by atoms with Crippen LogP contribution in [0.5, 0.6) is 5.75 Å². The lowest BCUT2D eigenvalue weighted by atomic mass is 10.1. The number of methoxy groups -OCH3 is 1. The van der Waals surface area contributed by atoms with Gasteiger partial charge < -0.3 is 9.84 Å². The Morgan fingerprint density at radius 2 is 2.31 bits per heavy atom. The molecular weight excluding hydrogens is 208 g/mol. The number of hydrogen-bond acceptors (Lipinski definition) is 3. The summed E-state index contributed by atoms with van der Waals surface area (Å²) in [5.74, 6) is 4.63. The summed E-state index contributed by atoms with van der Waals surface area (Å²) in [4.78, 5) is 20.8. The van der Waals surface area contributed by atoms with E-state index in [1.165, 1.54) is 7.11 Å². The number of rotatable bonds is 3. The summed E-state index contributed by atoms with van der Waals surface area (Å²) in [6.45, 7) is 0. The van der Waals surface area contributed by atoms with Crippen LogP contribution >= 0.6 is 0 Å². The van der Waals surface area contributed by atoms with Crippen LogP contribution in [0.15, 0.2) is 18.2 Å². The summed E-state index contributed by atoms with van der Waals surface area (Å²) < 4.78 is 4.99. The fourth-order valence-electron chi connectivity index (χ4n) is 1.11. The summed E-state index contributed by atoms with van der Waals surface area (Å²) in [5, 5.41) is 8.40. The van der Waals surface area contributed by atoms with Gasteiger partial charge in [-0.1, -0.05) is 11.8 Å². The topological polar surface area (TPSA) is 63.6 Å². The van der Waals surface area contributed by atoms with Crippen molar-refractivity contribution in [2.75, 3.05) is 7.11 Å². The summed E-state index contributed by atoms with van der Waals surface area (Å²) in [7, 11) is 1.46. The van der Waals surface area contributed by atoms with Crippen molar-refractivity contribution >= 4 is 12.3 Å². The summed E-state index contributed by atoms with van der Waals surface area (Å²) >= 11 is 0. The van der Waals surface area contributed by atoms with E-state index < -0.39 is 5.97 Å². The number of carboxylic acids is 1. The molecule has 1 N–H and O–H groups in total. The molecule has 0 spiro atoms. The molecule has 0 aliphatic carbocycles. The van der Waals surface area contributed by atoms with Gasteiger partial charge in [-0.25, -0.2) is 0 Å². The maximum atomic E-state index is 10.6. The van der Waals surface area contributed by atoms with Crippen molar-refractivity contribution in [2.24, 2.45) is 0 Å². The van der Waals surface area contributed by atoms with E-state index in [2.05, 4.69) is 11.8 Å². The Morgan fingerprint density at radius 3 is 2.88 bits per heavy atom. The van der Waals surface area contributed by atoms with Crippen molar-refractivity contribution in [1.82, 2.24) is 0 Å². The van der Waals surface area contributed by atoms with Gasteiger partial charge in [-0.3, -0.25) is 9.59 Å². The maximum Gasteiger partial charge on any atom is 0.315 e. The predicted octanol–water partition coefficient (Wildman–Crippen LogP) is 1.33. The second-order valence-corrected chi connectivity index (χ2v) is 2.95. The Kier molecular flexibility index (Phi) is 4.10. The van der Waals surface area contributed by atoms with Gasteiger partial charge in [0.1, 0.15) is 12.2 Å². The summed E-state index contributed by atoms with van der Waals surface area (Å²) in [5.41, 5.74) is 1.05. The molecule has 0 aromatic heterocycles. The van der Waals surface area contributed by atoms with E-state index in [0.29, 0.717) is 23.2 Å². The number of carbonyl (C=O) groups excluding carboxylic acids is 1. The van der Waals surface area contributed by atoms with Crippen molar-refractivity contribution < 1.29 is 19.4 Å². The van der Waals surface area contributed by atoms with E-state index in [9.17, 15) is 9.59 Å². The third-order valence-electron chi connectivity index (χ3n) is 1.83. The first-order valence-corrected chi connectivity index (χ1v) is 4.51. The quantitative estimate of drug-likeness (QED) is 0.614. The number of carboxylic acid groups (broad SMARTS) is 1. The zero-order valence-corrected chi connectivity index (χ0v) is 8.69. The average molecular weight is 218 g/mol. The molecule has 0 fully saturated rings. The van der Waals surface area contributed by atoms with E-state index in [4.69, 9.17) is 9.84 Å². The fourth-order valence-corrected chi connectivity index (χ4v) is 1.11. The van der Waals surface area contributed by atoms with Crippen LogP contribution in [0.2, 0.25) is 0 Å². The first-order chi connectivity index (χ1) is 7.67. The van der Waals surface area contributed by atoms with Gasteiger partial charge >= 0.3 is 5.97 Å². The molecule has 1 aromatic carbocycles. The molecule has 0 saturated carbocycles.